The number of anilines is 1. The predicted octanol–water partition coefficient (Wildman–Crippen LogP) is 4.50. The first-order valence-electron chi connectivity index (χ1n) is 11.0. The molecule has 0 unspecified atom stereocenters. The molecule has 0 aliphatic carbocycles. The molecule has 1 saturated heterocycles. The average Bonchev–Trinajstić information content (AvgIpc) is 2.84. The lowest BCUT2D eigenvalue weighted by Crippen LogP contribution is -2.40. The number of amides is 1. The Kier molecular flexibility index (Phi) is 6.94. The van der Waals surface area contributed by atoms with Gasteiger partial charge in [0, 0.05) is 43.5 Å². The average molecular weight is 435 g/mol. The smallest absolute Gasteiger partial charge is 0.263 e. The van der Waals surface area contributed by atoms with E-state index in [0.29, 0.717) is 48.9 Å². The van der Waals surface area contributed by atoms with Crippen molar-refractivity contribution in [1.29, 1.82) is 0 Å². The summed E-state index contributed by atoms with van der Waals surface area (Å²) in [6.07, 6.45) is 5.60. The van der Waals surface area contributed by atoms with Gasteiger partial charge in [0.2, 0.25) is 5.91 Å². The number of benzene rings is 2. The molecule has 3 aromatic rings. The lowest BCUT2D eigenvalue weighted by molar-refractivity contribution is -0.125. The van der Waals surface area contributed by atoms with Crippen LogP contribution in [-0.2, 0) is 17.8 Å². The molecule has 1 fully saturated rings. The van der Waals surface area contributed by atoms with E-state index in [2.05, 4.69) is 27.1 Å². The molecule has 2 heterocycles. The molecule has 1 aliphatic rings. The van der Waals surface area contributed by atoms with Crippen LogP contribution in [0.4, 0.5) is 10.2 Å². The van der Waals surface area contributed by atoms with E-state index < -0.39 is 0 Å². The maximum absolute atomic E-state index is 13.8. The normalized spacial score (nSPS) is 14.2. The van der Waals surface area contributed by atoms with Crippen molar-refractivity contribution in [3.8, 4) is 11.6 Å². The molecule has 0 radical (unpaired) electrons. The number of hydrogen-bond acceptors (Lipinski definition) is 5. The van der Waals surface area contributed by atoms with Crippen LogP contribution in [0.2, 0.25) is 0 Å². The van der Waals surface area contributed by atoms with E-state index in [1.54, 1.807) is 30.6 Å². The van der Waals surface area contributed by atoms with Crippen molar-refractivity contribution >= 4 is 11.7 Å². The van der Waals surface area contributed by atoms with Crippen LogP contribution in [0, 0.1) is 11.7 Å². The van der Waals surface area contributed by atoms with Crippen molar-refractivity contribution < 1.29 is 13.9 Å². The van der Waals surface area contributed by atoms with Gasteiger partial charge in [-0.15, -0.1) is 0 Å². The number of nitrogens with one attached hydrogen (secondary N) is 1. The zero-order chi connectivity index (χ0) is 22.3. The van der Waals surface area contributed by atoms with Gasteiger partial charge >= 0.3 is 0 Å². The SMILES string of the molecule is CCc1ccc(Oc2nccnc2N2CCC(C(=O)NCc3ccccc3F)CC2)cc1. The summed E-state index contributed by atoms with van der Waals surface area (Å²) in [4.78, 5) is 23.5. The highest BCUT2D eigenvalue weighted by Crippen LogP contribution is 2.31. The Balaban J connectivity index is 1.35. The van der Waals surface area contributed by atoms with Crippen LogP contribution in [-0.4, -0.2) is 29.0 Å². The summed E-state index contributed by atoms with van der Waals surface area (Å²) in [5.41, 5.74) is 1.73. The van der Waals surface area contributed by atoms with Crippen LogP contribution in [0.25, 0.3) is 0 Å². The first-order valence-corrected chi connectivity index (χ1v) is 11.0. The number of piperidine rings is 1. The molecule has 4 rings (SSSR count). The van der Waals surface area contributed by atoms with Crippen LogP contribution in [0.3, 0.4) is 0 Å². The van der Waals surface area contributed by atoms with E-state index in [0.717, 1.165) is 6.42 Å². The van der Waals surface area contributed by atoms with E-state index in [4.69, 9.17) is 4.74 Å². The monoisotopic (exact) mass is 434 g/mol. The Morgan fingerprint density at radius 1 is 1.09 bits per heavy atom. The standard InChI is InChI=1S/C25H27FN4O2/c1-2-18-7-9-21(10-8-18)32-25-23(27-13-14-28-25)30-15-11-19(12-16-30)24(31)29-17-20-5-3-4-6-22(20)26/h3-10,13-14,19H,2,11-12,15-17H2,1H3,(H,29,31). The highest BCUT2D eigenvalue weighted by Gasteiger charge is 2.27. The molecule has 1 amide bonds. The third kappa shape index (κ3) is 5.22. The summed E-state index contributed by atoms with van der Waals surface area (Å²) in [7, 11) is 0. The van der Waals surface area contributed by atoms with Gasteiger partial charge in [0.15, 0.2) is 5.82 Å². The number of aromatic nitrogens is 2. The largest absolute Gasteiger partial charge is 0.436 e. The van der Waals surface area contributed by atoms with Gasteiger partial charge in [-0.3, -0.25) is 4.79 Å². The summed E-state index contributed by atoms with van der Waals surface area (Å²) < 4.78 is 19.8. The van der Waals surface area contributed by atoms with Crippen LogP contribution >= 0.6 is 0 Å². The van der Waals surface area contributed by atoms with Crippen molar-refractivity contribution in [2.75, 3.05) is 18.0 Å². The minimum atomic E-state index is -0.304. The maximum atomic E-state index is 13.8. The number of aryl methyl sites for hydroxylation is 1. The molecule has 6 nitrogen and oxygen atoms in total. The van der Waals surface area contributed by atoms with Crippen LogP contribution in [0.15, 0.2) is 60.9 Å². The van der Waals surface area contributed by atoms with E-state index in [1.807, 2.05) is 24.3 Å². The lowest BCUT2D eigenvalue weighted by atomic mass is 9.96. The molecular weight excluding hydrogens is 407 g/mol. The molecule has 166 valence electrons. The number of hydrogen-bond donors (Lipinski definition) is 1. The quantitative estimate of drug-likeness (QED) is 0.593. The summed E-state index contributed by atoms with van der Waals surface area (Å²) in [6, 6.07) is 14.4. The Hall–Kier alpha value is -3.48. The van der Waals surface area contributed by atoms with Crippen molar-refractivity contribution in [1.82, 2.24) is 15.3 Å². The molecule has 0 atom stereocenters. The second-order valence-electron chi connectivity index (χ2n) is 7.86. The van der Waals surface area contributed by atoms with E-state index in [-0.39, 0.29) is 24.2 Å². The van der Waals surface area contributed by atoms with Gasteiger partial charge < -0.3 is 15.0 Å². The topological polar surface area (TPSA) is 67.4 Å². The van der Waals surface area contributed by atoms with Gasteiger partial charge in [-0.1, -0.05) is 37.3 Å². The van der Waals surface area contributed by atoms with Gasteiger partial charge in [0.25, 0.3) is 5.88 Å². The number of carbonyl (C=O) groups excluding carboxylic acids is 1. The molecule has 7 heteroatoms. The van der Waals surface area contributed by atoms with Gasteiger partial charge in [-0.05, 0) is 43.0 Å². The molecular formula is C25H27FN4O2. The molecule has 1 N–H and O–H groups in total. The molecule has 1 aromatic heterocycles. The van der Waals surface area contributed by atoms with Crippen molar-refractivity contribution in [3.05, 3.63) is 77.9 Å². The third-order valence-electron chi connectivity index (χ3n) is 5.77. The molecule has 1 aliphatic heterocycles. The minimum Gasteiger partial charge on any atom is -0.436 e. The molecule has 0 saturated carbocycles. The molecule has 2 aromatic carbocycles. The van der Waals surface area contributed by atoms with Crippen molar-refractivity contribution in [2.45, 2.75) is 32.7 Å². The van der Waals surface area contributed by atoms with Gasteiger partial charge in [-0.25, -0.2) is 14.4 Å². The van der Waals surface area contributed by atoms with Crippen molar-refractivity contribution in [3.63, 3.8) is 0 Å². The van der Waals surface area contributed by atoms with Crippen LogP contribution in [0.5, 0.6) is 11.6 Å². The highest BCUT2D eigenvalue weighted by molar-refractivity contribution is 5.79. The fourth-order valence-electron chi connectivity index (χ4n) is 3.83. The number of ether oxygens (including phenoxy) is 1. The third-order valence-corrected chi connectivity index (χ3v) is 5.77. The summed E-state index contributed by atoms with van der Waals surface area (Å²) in [5.74, 6) is 1.39. The fourth-order valence-corrected chi connectivity index (χ4v) is 3.83. The Morgan fingerprint density at radius 3 is 2.53 bits per heavy atom. The van der Waals surface area contributed by atoms with Crippen LogP contribution < -0.4 is 15.0 Å². The Morgan fingerprint density at radius 2 is 1.81 bits per heavy atom. The molecule has 0 spiro atoms. The van der Waals surface area contributed by atoms with E-state index >= 15 is 0 Å². The molecule has 0 bridgehead atoms. The zero-order valence-corrected chi connectivity index (χ0v) is 18.1. The summed E-state index contributed by atoms with van der Waals surface area (Å²) in [5, 5.41) is 2.87. The van der Waals surface area contributed by atoms with Gasteiger partial charge in [0.05, 0.1) is 0 Å². The Bertz CT molecular complexity index is 1050. The lowest BCUT2D eigenvalue weighted by Gasteiger charge is -2.32. The highest BCUT2D eigenvalue weighted by atomic mass is 19.1. The first kappa shape index (κ1) is 21.7. The number of rotatable bonds is 7. The van der Waals surface area contributed by atoms with Crippen LogP contribution in [0.1, 0.15) is 30.9 Å². The fraction of sp³-hybridized carbons (Fsp3) is 0.320. The second-order valence-corrected chi connectivity index (χ2v) is 7.86. The first-order chi connectivity index (χ1) is 15.6. The Labute approximate surface area is 187 Å². The number of carbonyl (C=O) groups is 1. The summed E-state index contributed by atoms with van der Waals surface area (Å²) in [6.45, 7) is 3.65. The number of nitrogens with zero attached hydrogens (tertiary/aromatic N) is 3. The van der Waals surface area contributed by atoms with Crippen molar-refractivity contribution in [2.24, 2.45) is 5.92 Å². The predicted molar refractivity (Wildman–Crippen MR) is 121 cm³/mol. The molecule has 32 heavy (non-hydrogen) atoms. The summed E-state index contributed by atoms with van der Waals surface area (Å²) >= 11 is 0. The van der Waals surface area contributed by atoms with E-state index in [9.17, 15) is 9.18 Å². The number of halogens is 1. The van der Waals surface area contributed by atoms with Gasteiger partial charge in [0.1, 0.15) is 11.6 Å². The van der Waals surface area contributed by atoms with E-state index in [1.165, 1.54) is 11.6 Å². The maximum Gasteiger partial charge on any atom is 0.263 e. The minimum absolute atomic E-state index is 0.0421. The van der Waals surface area contributed by atoms with Gasteiger partial charge in [-0.2, -0.15) is 0 Å². The second kappa shape index (κ2) is 10.2. The zero-order valence-electron chi connectivity index (χ0n) is 18.1.